The van der Waals surface area contributed by atoms with Crippen molar-refractivity contribution in [1.82, 2.24) is 0 Å². The lowest BCUT2D eigenvalue weighted by Gasteiger charge is -2.71. The predicted octanol–water partition coefficient (Wildman–Crippen LogP) is 0.141. The Morgan fingerprint density at radius 1 is 0.606 bits per heavy atom. The number of esters is 1. The van der Waals surface area contributed by atoms with Crippen molar-refractivity contribution in [1.29, 1.82) is 0 Å². The molecular formula is C48H78O18. The van der Waals surface area contributed by atoms with Gasteiger partial charge in [-0.25, -0.2) is 0 Å². The maximum atomic E-state index is 14.7. The van der Waals surface area contributed by atoms with E-state index in [0.29, 0.717) is 19.3 Å². The summed E-state index contributed by atoms with van der Waals surface area (Å²) in [5.41, 5.74) is -0.746. The van der Waals surface area contributed by atoms with Gasteiger partial charge in [0.05, 0.1) is 31.3 Å². The van der Waals surface area contributed by atoms with Gasteiger partial charge in [0.2, 0.25) is 6.29 Å². The first-order valence-corrected chi connectivity index (χ1v) is 24.3. The lowest BCUT2D eigenvalue weighted by atomic mass is 9.33. The lowest BCUT2D eigenvalue weighted by Crippen LogP contribution is -2.67. The number of aliphatic hydroxyl groups is 11. The number of hydrogen-bond acceptors (Lipinski definition) is 18. The number of rotatable bonds is 9. The van der Waals surface area contributed by atoms with Gasteiger partial charge in [-0.1, -0.05) is 60.1 Å². The number of allylic oxidation sites excluding steroid dienone is 2. The molecular weight excluding hydrogens is 865 g/mol. The molecule has 0 bridgehead atoms. The summed E-state index contributed by atoms with van der Waals surface area (Å²) in [6.07, 6.45) is -13.8. The molecule has 4 saturated carbocycles. The third-order valence-electron chi connectivity index (χ3n) is 19.3. The molecule has 8 rings (SSSR count). The molecule has 0 aromatic rings. The Hall–Kier alpha value is -1.43. The molecule has 0 aromatic carbocycles. The smallest absolute Gasteiger partial charge is 0.315 e. The Labute approximate surface area is 387 Å². The maximum Gasteiger partial charge on any atom is 0.315 e. The SMILES string of the molecule is CC1(C)CC[C@]2(C(=O)O[C@@H]3O[C@H](CO)[C@@H](O)[C@H](O)[C@H]3O)CC[C@]3(C)C(=CC[C@@H]4[C@@]5(C)CC[C@H](O[C@@H]6O[C@H](CO)[C@@H](O)[C@H](O)[C@H]6O[C@@H]6O[C@H](CO)[C@@H](O)[C@H](O)[C@H]6O)C(C)(C)[C@H]5CC[C@]43C)[C@@H]2C1. The molecule has 0 radical (unpaired) electrons. The largest absolute Gasteiger partial charge is 0.432 e. The molecule has 66 heavy (non-hydrogen) atoms. The second kappa shape index (κ2) is 18.0. The monoisotopic (exact) mass is 943 g/mol. The van der Waals surface area contributed by atoms with E-state index in [1.807, 2.05) is 0 Å². The number of fused-ring (bicyclic) bond motifs is 7. The fourth-order valence-corrected chi connectivity index (χ4v) is 15.0. The van der Waals surface area contributed by atoms with E-state index in [4.69, 9.17) is 28.4 Å². The number of carbonyl (C=O) groups excluding carboxylic acids is 1. The van der Waals surface area contributed by atoms with Crippen molar-refractivity contribution in [2.75, 3.05) is 19.8 Å². The molecule has 5 aliphatic carbocycles. The quantitative estimate of drug-likeness (QED) is 0.0833. The van der Waals surface area contributed by atoms with Crippen LogP contribution in [0, 0.1) is 50.2 Å². The lowest BCUT2D eigenvalue weighted by molar-refractivity contribution is -0.378. The minimum absolute atomic E-state index is 0.0628. The topological polar surface area (TPSA) is 295 Å². The van der Waals surface area contributed by atoms with Crippen molar-refractivity contribution in [3.8, 4) is 0 Å². The Morgan fingerprint density at radius 3 is 1.76 bits per heavy atom. The second-order valence-electron chi connectivity index (χ2n) is 23.5. The first kappa shape index (κ1) is 50.9. The van der Waals surface area contributed by atoms with Gasteiger partial charge in [0.15, 0.2) is 12.6 Å². The van der Waals surface area contributed by atoms with Crippen LogP contribution in [-0.4, -0.2) is 180 Å². The second-order valence-corrected chi connectivity index (χ2v) is 23.5. The normalized spacial score (nSPS) is 53.3. The van der Waals surface area contributed by atoms with Crippen LogP contribution in [-0.2, 0) is 33.2 Å². The Morgan fingerprint density at radius 2 is 1.15 bits per heavy atom. The van der Waals surface area contributed by atoms with Crippen molar-refractivity contribution >= 4 is 5.97 Å². The summed E-state index contributed by atoms with van der Waals surface area (Å²) in [5.74, 6) is -0.227. The molecule has 3 heterocycles. The van der Waals surface area contributed by atoms with Gasteiger partial charge in [-0.15, -0.1) is 0 Å². The highest BCUT2D eigenvalue weighted by molar-refractivity contribution is 5.79. The van der Waals surface area contributed by atoms with Gasteiger partial charge in [-0.2, -0.15) is 0 Å². The first-order chi connectivity index (χ1) is 30.9. The average molecular weight is 943 g/mol. The van der Waals surface area contributed by atoms with Gasteiger partial charge < -0.3 is 84.6 Å². The highest BCUT2D eigenvalue weighted by atomic mass is 16.8. The number of aliphatic hydroxyl groups excluding tert-OH is 11. The Balaban J connectivity index is 1.04. The van der Waals surface area contributed by atoms with Crippen LogP contribution in [0.15, 0.2) is 11.6 Å². The molecule has 0 amide bonds. The highest BCUT2D eigenvalue weighted by Crippen LogP contribution is 2.76. The molecule has 23 atom stereocenters. The van der Waals surface area contributed by atoms with Crippen LogP contribution < -0.4 is 0 Å². The van der Waals surface area contributed by atoms with Gasteiger partial charge >= 0.3 is 5.97 Å². The van der Waals surface area contributed by atoms with Gasteiger partial charge in [-0.3, -0.25) is 4.79 Å². The first-order valence-electron chi connectivity index (χ1n) is 24.3. The molecule has 18 nitrogen and oxygen atoms in total. The number of carbonyl (C=O) groups is 1. The van der Waals surface area contributed by atoms with E-state index in [2.05, 4.69) is 54.5 Å². The van der Waals surface area contributed by atoms with Crippen LogP contribution in [0.4, 0.5) is 0 Å². The van der Waals surface area contributed by atoms with E-state index in [1.54, 1.807) is 0 Å². The molecule has 8 aliphatic rings. The van der Waals surface area contributed by atoms with E-state index in [0.717, 1.165) is 44.9 Å². The van der Waals surface area contributed by atoms with E-state index in [1.165, 1.54) is 5.57 Å². The van der Waals surface area contributed by atoms with Crippen molar-refractivity contribution in [3.63, 3.8) is 0 Å². The fourth-order valence-electron chi connectivity index (χ4n) is 15.0. The van der Waals surface area contributed by atoms with Crippen molar-refractivity contribution in [2.24, 2.45) is 50.2 Å². The minimum Gasteiger partial charge on any atom is -0.432 e. The zero-order valence-electron chi connectivity index (χ0n) is 39.5. The predicted molar refractivity (Wildman–Crippen MR) is 230 cm³/mol. The summed E-state index contributed by atoms with van der Waals surface area (Å²) in [5, 5.41) is 115. The van der Waals surface area contributed by atoms with Gasteiger partial charge in [-0.05, 0) is 109 Å². The van der Waals surface area contributed by atoms with Gasteiger partial charge in [0.25, 0.3) is 0 Å². The minimum atomic E-state index is -1.78. The molecule has 7 fully saturated rings. The van der Waals surface area contributed by atoms with Crippen LogP contribution in [0.25, 0.3) is 0 Å². The third kappa shape index (κ3) is 7.87. The van der Waals surface area contributed by atoms with Gasteiger partial charge in [0, 0.05) is 0 Å². The third-order valence-corrected chi connectivity index (χ3v) is 19.3. The van der Waals surface area contributed by atoms with Crippen LogP contribution >= 0.6 is 0 Å². The molecule has 3 saturated heterocycles. The van der Waals surface area contributed by atoms with Crippen LogP contribution in [0.1, 0.15) is 113 Å². The van der Waals surface area contributed by atoms with Crippen molar-refractivity contribution in [2.45, 2.75) is 211 Å². The summed E-state index contributed by atoms with van der Waals surface area (Å²) in [7, 11) is 0. The standard InChI is InChI=1S/C48H78O18/c1-43(2)14-16-48(42(60)66-40-37(59)34(56)31(53)25(20-50)62-40)17-15-46(6)22(23(48)18-43)8-9-28-45(5)12-11-29(44(3,4)27(45)10-13-47(28,46)7)64-41-38(35(57)32(54)26(21-51)63-41)65-39-36(58)33(55)30(52)24(19-49)61-39/h8,23-41,49-59H,9-21H2,1-7H3/t23-,24+,25+,26+,27+,28+,29-,30+,31+,32+,33-,34-,35-,36+,37+,38+,39-,40-,41-,45-,46+,47+,48-/m0/s1. The summed E-state index contributed by atoms with van der Waals surface area (Å²) in [4.78, 5) is 14.7. The molecule has 11 N–H and O–H groups in total. The molecule has 0 aromatic heterocycles. The van der Waals surface area contributed by atoms with Crippen LogP contribution in [0.3, 0.4) is 0 Å². The Bertz CT molecular complexity index is 1790. The number of ether oxygens (including phenoxy) is 6. The molecule has 3 aliphatic heterocycles. The Kier molecular flexibility index (Phi) is 13.9. The van der Waals surface area contributed by atoms with E-state index < -0.39 is 135 Å². The molecule has 378 valence electrons. The number of hydrogen-bond donors (Lipinski definition) is 11. The summed E-state index contributed by atoms with van der Waals surface area (Å²) in [6, 6.07) is 0. The maximum absolute atomic E-state index is 14.7. The van der Waals surface area contributed by atoms with E-state index in [-0.39, 0.29) is 39.4 Å². The average Bonchev–Trinajstić information content (AvgIpc) is 3.27. The van der Waals surface area contributed by atoms with Crippen molar-refractivity contribution < 1.29 is 89.4 Å². The van der Waals surface area contributed by atoms with E-state index in [9.17, 15) is 61.0 Å². The fraction of sp³-hybridized carbons (Fsp3) is 0.938. The zero-order valence-corrected chi connectivity index (χ0v) is 39.5. The van der Waals surface area contributed by atoms with Crippen LogP contribution in [0.2, 0.25) is 0 Å². The highest BCUT2D eigenvalue weighted by Gasteiger charge is 2.70. The molecule has 0 spiro atoms. The van der Waals surface area contributed by atoms with Gasteiger partial charge in [0.1, 0.15) is 73.2 Å². The molecule has 0 unspecified atom stereocenters. The van der Waals surface area contributed by atoms with Crippen molar-refractivity contribution in [3.05, 3.63) is 11.6 Å². The zero-order chi connectivity index (χ0) is 48.3. The summed E-state index contributed by atoms with van der Waals surface area (Å²) in [6.45, 7) is 14.1. The molecule has 18 heteroatoms. The summed E-state index contributed by atoms with van der Waals surface area (Å²) < 4.78 is 36.2. The summed E-state index contributed by atoms with van der Waals surface area (Å²) >= 11 is 0. The van der Waals surface area contributed by atoms with Crippen LogP contribution in [0.5, 0.6) is 0 Å². The van der Waals surface area contributed by atoms with E-state index >= 15 is 0 Å².